The standard InChI is InChI=1S/H4O6P2.Sn/c1-7(2,3)8(4,5)6;/h(H2,1,2,3)(H2,4,5,6);/q;+4/p-4. The van der Waals surface area contributed by atoms with Gasteiger partial charge in [0.1, 0.15) is 0 Å². The zero-order valence-electron chi connectivity index (χ0n) is 3.84. The molecule has 0 aliphatic carbocycles. The minimum atomic E-state index is -5.91. The van der Waals surface area contributed by atoms with Gasteiger partial charge in [-0.2, -0.15) is 0 Å². The molecule has 0 rings (SSSR count). The second-order valence-corrected chi connectivity index (χ2v) is 5.75. The van der Waals surface area contributed by atoms with E-state index in [0.29, 0.717) is 0 Å². The Morgan fingerprint density at radius 1 is 0.778 bits per heavy atom. The van der Waals surface area contributed by atoms with Crippen molar-refractivity contribution < 1.29 is 28.7 Å². The van der Waals surface area contributed by atoms with E-state index in [-0.39, 0.29) is 23.9 Å². The van der Waals surface area contributed by atoms with Crippen molar-refractivity contribution >= 4 is 38.5 Å². The zero-order valence-corrected chi connectivity index (χ0v) is 8.49. The van der Waals surface area contributed by atoms with E-state index in [9.17, 15) is 28.7 Å². The summed E-state index contributed by atoms with van der Waals surface area (Å²) in [5.41, 5.74) is 0. The second kappa shape index (κ2) is 3.48. The minimum absolute atomic E-state index is 0. The molecule has 9 heteroatoms. The van der Waals surface area contributed by atoms with Crippen molar-refractivity contribution in [2.45, 2.75) is 0 Å². The minimum Gasteiger partial charge on any atom is -0.807 e. The van der Waals surface area contributed by atoms with Crippen LogP contribution < -0.4 is 19.6 Å². The van der Waals surface area contributed by atoms with Crippen LogP contribution in [0.25, 0.3) is 0 Å². The maximum absolute atomic E-state index is 9.24. The van der Waals surface area contributed by atoms with E-state index in [1.165, 1.54) is 0 Å². The summed E-state index contributed by atoms with van der Waals surface area (Å²) in [7, 11) is -11.8. The Morgan fingerprint density at radius 3 is 0.889 bits per heavy atom. The summed E-state index contributed by atoms with van der Waals surface area (Å²) in [6, 6.07) is 0. The first-order valence-electron chi connectivity index (χ1n) is 1.30. The van der Waals surface area contributed by atoms with Crippen molar-refractivity contribution in [3.8, 4) is 0 Å². The van der Waals surface area contributed by atoms with Crippen LogP contribution in [0.1, 0.15) is 0 Å². The van der Waals surface area contributed by atoms with Crippen LogP contribution in [0.2, 0.25) is 0 Å². The summed E-state index contributed by atoms with van der Waals surface area (Å²) in [5, 5.41) is 0. The van der Waals surface area contributed by atoms with Gasteiger partial charge in [-0.1, -0.05) is 0 Å². The van der Waals surface area contributed by atoms with Gasteiger partial charge in [0.25, 0.3) is 0 Å². The summed E-state index contributed by atoms with van der Waals surface area (Å²) in [4.78, 5) is 36.9. The summed E-state index contributed by atoms with van der Waals surface area (Å²) >= 11 is 0. The molecule has 0 saturated heterocycles. The van der Waals surface area contributed by atoms with Crippen LogP contribution in [-0.2, 0) is 9.13 Å². The topological polar surface area (TPSA) is 126 Å². The molecular formula is O6P2Sn. The van der Waals surface area contributed by atoms with Gasteiger partial charge >= 0.3 is 23.9 Å². The Labute approximate surface area is 67.5 Å². The Kier molecular flexibility index (Phi) is 4.93. The van der Waals surface area contributed by atoms with Gasteiger partial charge in [0.05, 0.1) is 0 Å². The predicted molar refractivity (Wildman–Crippen MR) is 21.0 cm³/mol. The van der Waals surface area contributed by atoms with Crippen molar-refractivity contribution in [3.05, 3.63) is 0 Å². The van der Waals surface area contributed by atoms with Gasteiger partial charge in [-0.25, -0.2) is 0 Å². The monoisotopic (exact) mass is 278 g/mol. The van der Waals surface area contributed by atoms with Crippen LogP contribution in [0, 0.1) is 0 Å². The fourth-order valence-corrected chi connectivity index (χ4v) is 0. The molecule has 0 bridgehead atoms. The largest absolute Gasteiger partial charge is 4.00 e. The third-order valence-electron chi connectivity index (χ3n) is 0.300. The summed E-state index contributed by atoms with van der Waals surface area (Å²) in [6.45, 7) is 0. The third-order valence-corrected chi connectivity index (χ3v) is 2.70. The second-order valence-electron chi connectivity index (χ2n) is 0.937. The van der Waals surface area contributed by atoms with Gasteiger partial charge < -0.3 is 28.7 Å². The van der Waals surface area contributed by atoms with E-state index in [0.717, 1.165) is 0 Å². The summed E-state index contributed by atoms with van der Waals surface area (Å²) < 4.78 is 18.5. The first-order valence-corrected chi connectivity index (χ1v) is 5.09. The normalized spacial score (nSPS) is 12.4. The molecule has 50 valence electrons. The third kappa shape index (κ3) is 4.50. The molecule has 0 saturated carbocycles. The Hall–Kier alpha value is 1.10. The molecule has 0 radical (unpaired) electrons. The zero-order chi connectivity index (χ0) is 7.00. The van der Waals surface area contributed by atoms with E-state index >= 15 is 0 Å². The van der Waals surface area contributed by atoms with Crippen molar-refractivity contribution in [2.75, 3.05) is 0 Å². The van der Waals surface area contributed by atoms with Crippen LogP contribution in [0.15, 0.2) is 0 Å². The predicted octanol–water partition coefficient (Wildman–Crippen LogP) is -3.65. The van der Waals surface area contributed by atoms with Crippen LogP contribution in [-0.4, -0.2) is 23.9 Å². The van der Waals surface area contributed by atoms with Gasteiger partial charge in [-0.15, -0.1) is 0 Å². The molecule has 0 aliphatic rings. The molecule has 6 nitrogen and oxygen atoms in total. The molecule has 0 aromatic rings. The molecule has 0 unspecified atom stereocenters. The van der Waals surface area contributed by atoms with E-state index in [1.54, 1.807) is 0 Å². The van der Waals surface area contributed by atoms with Crippen LogP contribution >= 0.6 is 14.6 Å². The molecule has 0 aromatic carbocycles. The molecule has 0 amide bonds. The van der Waals surface area contributed by atoms with E-state index in [1.807, 2.05) is 0 Å². The molecule has 0 spiro atoms. The fraction of sp³-hybridized carbons (Fsp3) is 0. The van der Waals surface area contributed by atoms with Gasteiger partial charge in [-0.05, 0) is 14.6 Å². The molecule has 0 heterocycles. The van der Waals surface area contributed by atoms with Gasteiger partial charge in [0.15, 0.2) is 0 Å². The number of hydrogen-bond acceptors (Lipinski definition) is 6. The Balaban J connectivity index is 0. The summed E-state index contributed by atoms with van der Waals surface area (Å²) in [6.07, 6.45) is 0. The average Bonchev–Trinajstić information content (AvgIpc) is 1.25. The van der Waals surface area contributed by atoms with Gasteiger partial charge in [0, 0.05) is 0 Å². The van der Waals surface area contributed by atoms with Crippen LogP contribution in [0.3, 0.4) is 0 Å². The maximum atomic E-state index is 9.24. The SMILES string of the molecule is O=P([O-])([O-])P(=O)([O-])[O-].[Sn+4]. The van der Waals surface area contributed by atoms with Crippen molar-refractivity contribution in [3.63, 3.8) is 0 Å². The van der Waals surface area contributed by atoms with Gasteiger partial charge in [0.2, 0.25) is 0 Å². The van der Waals surface area contributed by atoms with Crippen molar-refractivity contribution in [2.24, 2.45) is 0 Å². The fourth-order valence-electron chi connectivity index (χ4n) is 0. The average molecular weight is 277 g/mol. The van der Waals surface area contributed by atoms with Crippen molar-refractivity contribution in [1.29, 1.82) is 0 Å². The maximum Gasteiger partial charge on any atom is 4.00 e. The van der Waals surface area contributed by atoms with E-state index < -0.39 is 14.6 Å². The van der Waals surface area contributed by atoms with Crippen molar-refractivity contribution in [1.82, 2.24) is 0 Å². The van der Waals surface area contributed by atoms with Crippen LogP contribution in [0.5, 0.6) is 0 Å². The van der Waals surface area contributed by atoms with E-state index in [4.69, 9.17) is 0 Å². The number of hydrogen-bond donors (Lipinski definition) is 0. The quantitative estimate of drug-likeness (QED) is 0.359. The molecule has 0 aromatic heterocycles. The molecule has 0 fully saturated rings. The van der Waals surface area contributed by atoms with E-state index in [2.05, 4.69) is 0 Å². The first-order chi connectivity index (χ1) is 3.25. The molecule has 9 heavy (non-hydrogen) atoms. The molecule has 0 aliphatic heterocycles. The smallest absolute Gasteiger partial charge is 0.807 e. The van der Waals surface area contributed by atoms with Gasteiger partial charge in [-0.3, -0.25) is 0 Å². The summed E-state index contributed by atoms with van der Waals surface area (Å²) in [5.74, 6) is 0. The number of rotatable bonds is 1. The van der Waals surface area contributed by atoms with Crippen LogP contribution in [0.4, 0.5) is 0 Å². The molecule has 0 N–H and O–H groups in total. The Morgan fingerprint density at radius 2 is 0.889 bits per heavy atom. The Bertz CT molecular complexity index is 140. The molecular weight excluding hydrogens is 277 g/mol. The molecule has 0 atom stereocenters. The first kappa shape index (κ1) is 12.7.